The Morgan fingerprint density at radius 2 is 1.85 bits per heavy atom. The maximum absolute atomic E-state index is 13.0. The van der Waals surface area contributed by atoms with Gasteiger partial charge >= 0.3 is 0 Å². The van der Waals surface area contributed by atoms with E-state index >= 15 is 0 Å². The molecular formula is C8H8F2INO. The highest BCUT2D eigenvalue weighted by Gasteiger charge is 2.12. The number of nitrogens with two attached hydrogens (primary N) is 1. The van der Waals surface area contributed by atoms with Gasteiger partial charge in [-0.2, -0.15) is 0 Å². The van der Waals surface area contributed by atoms with Gasteiger partial charge in [0.1, 0.15) is 11.6 Å². The summed E-state index contributed by atoms with van der Waals surface area (Å²) in [6.45, 7) is -0.334. The Hall–Kier alpha value is -0.270. The van der Waals surface area contributed by atoms with Gasteiger partial charge in [-0.25, -0.2) is 8.78 Å². The van der Waals surface area contributed by atoms with Crippen LogP contribution >= 0.6 is 22.6 Å². The number of benzene rings is 1. The lowest BCUT2D eigenvalue weighted by molar-refractivity contribution is 0.267. The van der Waals surface area contributed by atoms with Crippen molar-refractivity contribution in [1.29, 1.82) is 0 Å². The molecule has 0 aromatic heterocycles. The zero-order valence-electron chi connectivity index (χ0n) is 6.60. The number of halogens is 3. The van der Waals surface area contributed by atoms with E-state index in [4.69, 9.17) is 10.8 Å². The summed E-state index contributed by atoms with van der Waals surface area (Å²) in [5, 5.41) is 8.67. The molecule has 0 amide bonds. The summed E-state index contributed by atoms with van der Waals surface area (Å²) >= 11 is 1.57. The van der Waals surface area contributed by atoms with Gasteiger partial charge in [-0.05, 0) is 40.3 Å². The predicted molar refractivity (Wildman–Crippen MR) is 53.1 cm³/mol. The Morgan fingerprint density at radius 1 is 1.38 bits per heavy atom. The molecule has 1 atom stereocenters. The standard InChI is InChI=1S/C8H8F2INO/c9-5-1-4(7(12)3-13)2-6(10)8(5)11/h1-2,7,13H,3,12H2/t7-/m0/s1. The summed E-state index contributed by atoms with van der Waals surface area (Å²) in [6.07, 6.45) is 0. The predicted octanol–water partition coefficient (Wildman–Crippen LogP) is 1.56. The van der Waals surface area contributed by atoms with E-state index in [0.717, 1.165) is 12.1 Å². The van der Waals surface area contributed by atoms with E-state index in [-0.39, 0.29) is 15.7 Å². The van der Waals surface area contributed by atoms with Crippen molar-refractivity contribution in [1.82, 2.24) is 0 Å². The monoisotopic (exact) mass is 299 g/mol. The third-order valence-corrected chi connectivity index (χ3v) is 2.66. The minimum Gasteiger partial charge on any atom is -0.394 e. The van der Waals surface area contributed by atoms with Crippen LogP contribution < -0.4 is 5.73 Å². The second-order valence-corrected chi connectivity index (χ2v) is 3.67. The van der Waals surface area contributed by atoms with Crippen molar-refractivity contribution < 1.29 is 13.9 Å². The molecule has 1 aromatic rings. The SMILES string of the molecule is N[C@@H](CO)c1cc(F)c(I)c(F)c1. The summed E-state index contributed by atoms with van der Waals surface area (Å²) in [7, 11) is 0. The lowest BCUT2D eigenvalue weighted by Crippen LogP contribution is -2.15. The summed E-state index contributed by atoms with van der Waals surface area (Å²) < 4.78 is 25.8. The molecule has 1 rings (SSSR count). The van der Waals surface area contributed by atoms with Gasteiger partial charge in [-0.15, -0.1) is 0 Å². The molecule has 0 spiro atoms. The van der Waals surface area contributed by atoms with Crippen molar-refractivity contribution in [3.05, 3.63) is 32.9 Å². The number of aliphatic hydroxyl groups excluding tert-OH is 1. The normalized spacial score (nSPS) is 13.0. The first-order chi connectivity index (χ1) is 6.06. The molecule has 0 bridgehead atoms. The van der Waals surface area contributed by atoms with Crippen LogP contribution in [0.15, 0.2) is 12.1 Å². The van der Waals surface area contributed by atoms with Crippen molar-refractivity contribution in [3.63, 3.8) is 0 Å². The fraction of sp³-hybridized carbons (Fsp3) is 0.250. The summed E-state index contributed by atoms with van der Waals surface area (Å²) in [5.74, 6) is -1.31. The third kappa shape index (κ3) is 2.35. The zero-order valence-corrected chi connectivity index (χ0v) is 8.76. The summed E-state index contributed by atoms with van der Waals surface area (Å²) in [4.78, 5) is 0. The second-order valence-electron chi connectivity index (χ2n) is 2.59. The molecule has 0 fully saturated rings. The van der Waals surface area contributed by atoms with Crippen LogP contribution in [0.5, 0.6) is 0 Å². The van der Waals surface area contributed by atoms with Gasteiger partial charge in [0.15, 0.2) is 0 Å². The van der Waals surface area contributed by atoms with Crippen molar-refractivity contribution in [3.8, 4) is 0 Å². The van der Waals surface area contributed by atoms with Crippen LogP contribution in [-0.2, 0) is 0 Å². The second kappa shape index (κ2) is 4.30. The van der Waals surface area contributed by atoms with Gasteiger partial charge in [-0.1, -0.05) is 0 Å². The van der Waals surface area contributed by atoms with E-state index in [2.05, 4.69) is 0 Å². The van der Waals surface area contributed by atoms with Gasteiger partial charge in [0.05, 0.1) is 16.2 Å². The van der Waals surface area contributed by atoms with E-state index in [1.54, 1.807) is 22.6 Å². The molecule has 0 unspecified atom stereocenters. The molecular weight excluding hydrogens is 291 g/mol. The van der Waals surface area contributed by atoms with Crippen LogP contribution in [0.25, 0.3) is 0 Å². The van der Waals surface area contributed by atoms with Gasteiger partial charge in [0.2, 0.25) is 0 Å². The molecule has 0 saturated carbocycles. The Bertz CT molecular complexity index is 296. The Balaban J connectivity index is 3.13. The molecule has 3 N–H and O–H groups in total. The van der Waals surface area contributed by atoms with Crippen molar-refractivity contribution >= 4 is 22.6 Å². The minimum atomic E-state index is -0.735. The first kappa shape index (κ1) is 10.8. The quantitative estimate of drug-likeness (QED) is 0.643. The molecule has 2 nitrogen and oxygen atoms in total. The lowest BCUT2D eigenvalue weighted by atomic mass is 10.1. The highest BCUT2D eigenvalue weighted by Crippen LogP contribution is 2.20. The fourth-order valence-electron chi connectivity index (χ4n) is 0.895. The molecule has 0 radical (unpaired) electrons. The zero-order chi connectivity index (χ0) is 10.0. The van der Waals surface area contributed by atoms with Gasteiger partial charge in [0.25, 0.3) is 0 Å². The first-order valence-corrected chi connectivity index (χ1v) is 4.65. The van der Waals surface area contributed by atoms with E-state index in [1.165, 1.54) is 0 Å². The van der Waals surface area contributed by atoms with Gasteiger partial charge < -0.3 is 10.8 Å². The van der Waals surface area contributed by atoms with Crippen LogP contribution in [0.4, 0.5) is 8.78 Å². The van der Waals surface area contributed by atoms with Crippen LogP contribution in [-0.4, -0.2) is 11.7 Å². The largest absolute Gasteiger partial charge is 0.394 e. The Kier molecular flexibility index (Phi) is 3.57. The third-order valence-electron chi connectivity index (χ3n) is 1.63. The van der Waals surface area contributed by atoms with Crippen molar-refractivity contribution in [2.75, 3.05) is 6.61 Å². The van der Waals surface area contributed by atoms with E-state index in [1.807, 2.05) is 0 Å². The number of hydrogen-bond acceptors (Lipinski definition) is 2. The molecule has 0 heterocycles. The molecule has 0 aliphatic rings. The molecule has 0 aliphatic heterocycles. The molecule has 72 valence electrons. The first-order valence-electron chi connectivity index (χ1n) is 3.57. The van der Waals surface area contributed by atoms with Crippen LogP contribution in [0, 0.1) is 15.2 Å². The number of hydrogen-bond donors (Lipinski definition) is 2. The number of rotatable bonds is 2. The maximum atomic E-state index is 13.0. The molecule has 13 heavy (non-hydrogen) atoms. The average Bonchev–Trinajstić information content (AvgIpc) is 2.12. The summed E-state index contributed by atoms with van der Waals surface area (Å²) in [6, 6.07) is 1.53. The Morgan fingerprint density at radius 3 is 2.23 bits per heavy atom. The van der Waals surface area contributed by atoms with E-state index < -0.39 is 17.7 Å². The molecule has 1 aromatic carbocycles. The smallest absolute Gasteiger partial charge is 0.139 e. The fourth-order valence-corrected chi connectivity index (χ4v) is 1.21. The highest BCUT2D eigenvalue weighted by molar-refractivity contribution is 14.1. The van der Waals surface area contributed by atoms with Gasteiger partial charge in [0, 0.05) is 0 Å². The van der Waals surface area contributed by atoms with Crippen LogP contribution in [0.3, 0.4) is 0 Å². The molecule has 0 aliphatic carbocycles. The van der Waals surface area contributed by atoms with Crippen molar-refractivity contribution in [2.24, 2.45) is 5.73 Å². The number of aliphatic hydroxyl groups is 1. The maximum Gasteiger partial charge on any atom is 0.139 e. The average molecular weight is 299 g/mol. The lowest BCUT2D eigenvalue weighted by Gasteiger charge is -2.09. The minimum absolute atomic E-state index is 0.0634. The van der Waals surface area contributed by atoms with Crippen LogP contribution in [0.2, 0.25) is 0 Å². The van der Waals surface area contributed by atoms with Crippen molar-refractivity contribution in [2.45, 2.75) is 6.04 Å². The summed E-state index contributed by atoms with van der Waals surface area (Å²) in [5.41, 5.74) is 5.66. The molecule has 0 saturated heterocycles. The molecule has 5 heteroatoms. The van der Waals surface area contributed by atoms with Crippen LogP contribution in [0.1, 0.15) is 11.6 Å². The van der Waals surface area contributed by atoms with E-state index in [9.17, 15) is 8.78 Å². The Labute approximate surface area is 87.9 Å². The van der Waals surface area contributed by atoms with E-state index in [0.29, 0.717) is 0 Å². The highest BCUT2D eigenvalue weighted by atomic mass is 127. The topological polar surface area (TPSA) is 46.2 Å². The van der Waals surface area contributed by atoms with Gasteiger partial charge in [-0.3, -0.25) is 0 Å².